The minimum absolute atomic E-state index is 0.287. The molecule has 0 spiro atoms. The van der Waals surface area contributed by atoms with Gasteiger partial charge in [-0.2, -0.15) is 26.3 Å². The molecule has 0 saturated carbocycles. The van der Waals surface area contributed by atoms with Gasteiger partial charge in [-0.25, -0.2) is 13.6 Å². The highest BCUT2D eigenvalue weighted by Crippen LogP contribution is 2.42. The summed E-state index contributed by atoms with van der Waals surface area (Å²) in [4.78, 5) is -1.96. The van der Waals surface area contributed by atoms with Gasteiger partial charge in [0, 0.05) is 3.57 Å². The largest absolute Gasteiger partial charge is 0.417 e. The summed E-state index contributed by atoms with van der Waals surface area (Å²) < 4.78 is 97.5. The number of primary sulfonamides is 1. The topological polar surface area (TPSA) is 60.2 Å². The molecule has 0 unspecified atom stereocenters. The van der Waals surface area contributed by atoms with Crippen LogP contribution in [0, 0.1) is 3.57 Å². The number of sulfonamides is 1. The average molecular weight is 419 g/mol. The molecule has 0 heterocycles. The Labute approximate surface area is 117 Å². The van der Waals surface area contributed by atoms with E-state index in [-0.39, 0.29) is 12.1 Å². The van der Waals surface area contributed by atoms with Crippen molar-refractivity contribution in [2.24, 2.45) is 5.14 Å². The van der Waals surface area contributed by atoms with Gasteiger partial charge in [0.2, 0.25) is 10.0 Å². The van der Waals surface area contributed by atoms with E-state index in [1.165, 1.54) is 22.6 Å². The van der Waals surface area contributed by atoms with Gasteiger partial charge in [-0.15, -0.1) is 0 Å². The number of nitrogens with two attached hydrogens (primary N) is 1. The molecular formula is C8H4F6INO2S. The van der Waals surface area contributed by atoms with Gasteiger partial charge in [-0.1, -0.05) is 0 Å². The summed E-state index contributed by atoms with van der Waals surface area (Å²) in [5.41, 5.74) is -3.87. The highest BCUT2D eigenvalue weighted by atomic mass is 127. The molecule has 0 saturated heterocycles. The molecular weight excluding hydrogens is 415 g/mol. The van der Waals surface area contributed by atoms with Crippen LogP contribution in [-0.4, -0.2) is 8.42 Å². The Bertz CT molecular complexity index is 572. The zero-order valence-corrected chi connectivity index (χ0v) is 11.6. The van der Waals surface area contributed by atoms with E-state index in [1.54, 1.807) is 0 Å². The summed E-state index contributed by atoms with van der Waals surface area (Å²) in [6.07, 6.45) is -10.5. The third-order valence-electron chi connectivity index (χ3n) is 1.95. The van der Waals surface area contributed by atoms with Crippen molar-refractivity contribution in [2.45, 2.75) is 17.2 Å². The van der Waals surface area contributed by atoms with Gasteiger partial charge in [0.15, 0.2) is 0 Å². The van der Waals surface area contributed by atoms with Crippen molar-refractivity contribution in [2.75, 3.05) is 0 Å². The predicted octanol–water partition coefficient (Wildman–Crippen LogP) is 2.98. The van der Waals surface area contributed by atoms with Gasteiger partial charge in [0.05, 0.1) is 11.1 Å². The van der Waals surface area contributed by atoms with Crippen LogP contribution in [0.2, 0.25) is 0 Å². The summed E-state index contributed by atoms with van der Waals surface area (Å²) in [5.74, 6) is 0. The summed E-state index contributed by atoms with van der Waals surface area (Å²) in [7, 11) is -5.19. The standard InChI is InChI=1S/C8H4F6INO2S/c9-7(10,11)4-1-3(15)2-5(8(12,13)14)6(4)19(16,17)18/h1-2H,(H2,16,17,18). The van der Waals surface area contributed by atoms with Crippen LogP contribution in [0.25, 0.3) is 0 Å². The Morgan fingerprint density at radius 2 is 1.26 bits per heavy atom. The van der Waals surface area contributed by atoms with Gasteiger partial charge >= 0.3 is 12.4 Å². The van der Waals surface area contributed by atoms with Crippen molar-refractivity contribution in [3.05, 3.63) is 26.8 Å². The van der Waals surface area contributed by atoms with E-state index in [0.717, 1.165) is 0 Å². The maximum Gasteiger partial charge on any atom is 0.417 e. The van der Waals surface area contributed by atoms with Crippen molar-refractivity contribution in [3.8, 4) is 0 Å². The van der Waals surface area contributed by atoms with Crippen molar-refractivity contribution < 1.29 is 34.8 Å². The third kappa shape index (κ3) is 3.72. The fraction of sp³-hybridized carbons (Fsp3) is 0.250. The minimum Gasteiger partial charge on any atom is -0.225 e. The average Bonchev–Trinajstić information content (AvgIpc) is 2.11. The molecule has 0 aliphatic carbocycles. The molecule has 1 aromatic carbocycles. The first-order valence-electron chi connectivity index (χ1n) is 4.25. The first kappa shape index (κ1) is 16.5. The lowest BCUT2D eigenvalue weighted by Gasteiger charge is -2.17. The molecule has 1 aromatic rings. The lowest BCUT2D eigenvalue weighted by molar-refractivity contribution is -0.147. The summed E-state index contributed by atoms with van der Waals surface area (Å²) in [5, 5.41) is 4.47. The zero-order chi connectivity index (χ0) is 15.2. The molecule has 0 aliphatic rings. The van der Waals surface area contributed by atoms with Gasteiger partial charge in [-0.05, 0) is 34.7 Å². The highest BCUT2D eigenvalue weighted by Gasteiger charge is 2.44. The molecule has 19 heavy (non-hydrogen) atoms. The fourth-order valence-corrected chi connectivity index (χ4v) is 2.91. The van der Waals surface area contributed by atoms with Gasteiger partial charge in [0.25, 0.3) is 0 Å². The van der Waals surface area contributed by atoms with Crippen LogP contribution in [-0.2, 0) is 22.4 Å². The highest BCUT2D eigenvalue weighted by molar-refractivity contribution is 14.1. The third-order valence-corrected chi connectivity index (χ3v) is 3.58. The molecule has 108 valence electrons. The molecule has 0 amide bonds. The van der Waals surface area contributed by atoms with Crippen molar-refractivity contribution >= 4 is 32.6 Å². The fourth-order valence-electron chi connectivity index (χ4n) is 1.32. The summed E-state index contributed by atoms with van der Waals surface area (Å²) in [6, 6.07) is 0.574. The second-order valence-electron chi connectivity index (χ2n) is 3.37. The second kappa shape index (κ2) is 4.77. The van der Waals surface area contributed by atoms with Crippen molar-refractivity contribution in [1.29, 1.82) is 0 Å². The van der Waals surface area contributed by atoms with Gasteiger partial charge < -0.3 is 0 Å². The van der Waals surface area contributed by atoms with E-state index < -0.39 is 42.0 Å². The van der Waals surface area contributed by atoms with Crippen molar-refractivity contribution in [1.82, 2.24) is 0 Å². The monoisotopic (exact) mass is 419 g/mol. The van der Waals surface area contributed by atoms with Crippen molar-refractivity contribution in [3.63, 3.8) is 0 Å². The van der Waals surface area contributed by atoms with E-state index in [0.29, 0.717) is 0 Å². The first-order valence-corrected chi connectivity index (χ1v) is 6.88. The van der Waals surface area contributed by atoms with Crippen LogP contribution < -0.4 is 5.14 Å². The lowest BCUT2D eigenvalue weighted by Crippen LogP contribution is -2.24. The Hall–Kier alpha value is -0.560. The number of alkyl halides is 6. The molecule has 1 rings (SSSR count). The SMILES string of the molecule is NS(=O)(=O)c1c(C(F)(F)F)cc(I)cc1C(F)(F)F. The Morgan fingerprint density at radius 3 is 1.47 bits per heavy atom. The molecule has 0 atom stereocenters. The van der Waals surface area contributed by atoms with Crippen LogP contribution in [0.3, 0.4) is 0 Å². The number of benzene rings is 1. The van der Waals surface area contributed by atoms with Gasteiger partial charge in [0.1, 0.15) is 4.90 Å². The summed E-state index contributed by atoms with van der Waals surface area (Å²) in [6.45, 7) is 0. The molecule has 11 heteroatoms. The number of hydrogen-bond donors (Lipinski definition) is 1. The minimum atomic E-state index is -5.27. The van der Waals surface area contributed by atoms with E-state index in [2.05, 4.69) is 5.14 Å². The molecule has 0 fully saturated rings. The Balaban J connectivity index is 3.91. The molecule has 0 radical (unpaired) electrons. The number of hydrogen-bond acceptors (Lipinski definition) is 2. The van der Waals surface area contributed by atoms with E-state index >= 15 is 0 Å². The zero-order valence-electron chi connectivity index (χ0n) is 8.60. The maximum absolute atomic E-state index is 12.6. The van der Waals surface area contributed by atoms with E-state index in [1.807, 2.05) is 0 Å². The molecule has 0 aliphatic heterocycles. The van der Waals surface area contributed by atoms with E-state index in [9.17, 15) is 34.8 Å². The van der Waals surface area contributed by atoms with Crippen LogP contribution in [0.4, 0.5) is 26.3 Å². The van der Waals surface area contributed by atoms with Crippen LogP contribution in [0.1, 0.15) is 11.1 Å². The normalized spacial score (nSPS) is 13.7. The van der Waals surface area contributed by atoms with E-state index in [4.69, 9.17) is 0 Å². The predicted molar refractivity (Wildman–Crippen MR) is 60.5 cm³/mol. The first-order chi connectivity index (χ1) is 8.24. The smallest absolute Gasteiger partial charge is 0.225 e. The number of rotatable bonds is 1. The van der Waals surface area contributed by atoms with Crippen LogP contribution in [0.5, 0.6) is 0 Å². The molecule has 0 bridgehead atoms. The molecule has 2 N–H and O–H groups in total. The Kier molecular flexibility index (Phi) is 4.14. The quantitative estimate of drug-likeness (QED) is 0.563. The van der Waals surface area contributed by atoms with Crippen LogP contribution >= 0.6 is 22.6 Å². The molecule has 0 aromatic heterocycles. The molecule has 3 nitrogen and oxygen atoms in total. The summed E-state index contributed by atoms with van der Waals surface area (Å²) >= 11 is 1.22. The van der Waals surface area contributed by atoms with Crippen LogP contribution in [0.15, 0.2) is 17.0 Å². The second-order valence-corrected chi connectivity index (χ2v) is 6.11. The lowest BCUT2D eigenvalue weighted by atomic mass is 10.1. The Morgan fingerprint density at radius 1 is 0.947 bits per heavy atom. The maximum atomic E-state index is 12.6. The van der Waals surface area contributed by atoms with Gasteiger partial charge in [-0.3, -0.25) is 0 Å². The number of halogens is 7.